The third kappa shape index (κ3) is 5.75. The molecule has 0 aliphatic heterocycles. The Morgan fingerprint density at radius 1 is 0.181 bits per heavy atom. The van der Waals surface area contributed by atoms with Gasteiger partial charge in [0.2, 0.25) is 0 Å². The number of fused-ring (bicyclic) bond motifs is 8. The maximum atomic E-state index is 2.51. The molecule has 0 unspecified atom stereocenters. The lowest BCUT2D eigenvalue weighted by Gasteiger charge is -2.21. The molecule has 13 aromatic carbocycles. The molecule has 0 amide bonds. The van der Waals surface area contributed by atoms with Crippen LogP contribution in [0.1, 0.15) is 11.1 Å². The number of benzene rings is 13. The van der Waals surface area contributed by atoms with E-state index >= 15 is 0 Å². The average Bonchev–Trinajstić information content (AvgIpc) is 3.95. The Morgan fingerprint density at radius 3 is 0.972 bits per heavy atom. The van der Waals surface area contributed by atoms with Crippen molar-refractivity contribution in [1.82, 2.24) is 0 Å². The Kier molecular flexibility index (Phi) is 8.89. The number of rotatable bonds is 6. The topological polar surface area (TPSA) is 0 Å². The lowest BCUT2D eigenvalue weighted by Crippen LogP contribution is -1.94. The summed E-state index contributed by atoms with van der Waals surface area (Å²) < 4.78 is 0. The van der Waals surface area contributed by atoms with Gasteiger partial charge in [-0.3, -0.25) is 0 Å². The van der Waals surface area contributed by atoms with E-state index in [2.05, 4.69) is 257 Å². The molecule has 0 atom stereocenters. The molecule has 0 bridgehead atoms. The van der Waals surface area contributed by atoms with E-state index in [0.717, 1.165) is 0 Å². The zero-order valence-corrected chi connectivity index (χ0v) is 40.1. The van der Waals surface area contributed by atoms with Crippen LogP contribution in [0.2, 0.25) is 0 Å². The van der Waals surface area contributed by atoms with Crippen molar-refractivity contribution in [2.75, 3.05) is 0 Å². The molecule has 0 fully saturated rings. The highest BCUT2D eigenvalue weighted by molar-refractivity contribution is 6.31. The van der Waals surface area contributed by atoms with E-state index in [1.807, 2.05) is 0 Å². The first-order valence-electron chi connectivity index (χ1n) is 25.3. The van der Waals surface area contributed by atoms with Gasteiger partial charge in [0, 0.05) is 0 Å². The third-order valence-corrected chi connectivity index (χ3v) is 16.0. The van der Waals surface area contributed by atoms with Crippen molar-refractivity contribution < 1.29 is 0 Å². The number of hydrogen-bond acceptors (Lipinski definition) is 0. The van der Waals surface area contributed by atoms with Crippen LogP contribution in [-0.4, -0.2) is 0 Å². The van der Waals surface area contributed by atoms with Crippen molar-refractivity contribution in [2.45, 2.75) is 13.8 Å². The molecule has 0 spiro atoms. The van der Waals surface area contributed by atoms with E-state index in [-0.39, 0.29) is 0 Å². The zero-order valence-electron chi connectivity index (χ0n) is 40.1. The fourth-order valence-corrected chi connectivity index (χ4v) is 13.1. The van der Waals surface area contributed by atoms with Crippen LogP contribution in [0.4, 0.5) is 0 Å². The van der Waals surface area contributed by atoms with Crippen LogP contribution in [0.3, 0.4) is 0 Å². The first kappa shape index (κ1) is 40.8. The zero-order chi connectivity index (χ0) is 47.6. The molecule has 13 aromatic rings. The summed E-state index contributed by atoms with van der Waals surface area (Å²) in [6.07, 6.45) is 0. The summed E-state index contributed by atoms with van der Waals surface area (Å²) in [6.45, 7) is 4.50. The van der Waals surface area contributed by atoms with Gasteiger partial charge >= 0.3 is 0 Å². The smallest absolute Gasteiger partial charge is 0.000741 e. The lowest BCUT2D eigenvalue weighted by molar-refractivity contribution is 1.38. The van der Waals surface area contributed by atoms with Crippen molar-refractivity contribution >= 4 is 43.1 Å². The summed E-state index contributed by atoms with van der Waals surface area (Å²) in [5.41, 5.74) is 28.2. The highest BCUT2D eigenvalue weighted by atomic mass is 14.4. The van der Waals surface area contributed by atoms with Crippen LogP contribution in [0.25, 0.3) is 154 Å². The molecular formula is C72H46. The van der Waals surface area contributed by atoms with Crippen molar-refractivity contribution in [2.24, 2.45) is 0 Å². The second kappa shape index (κ2) is 15.7. The standard InChI is InChI=1S/C72H46/c1-43-20-17-21-44(2)62(43)55-39-41-60-68-54(55)33-19-35-58(68)70-66(48-28-13-6-14-29-48)61-42-49(36-37-56(61)65(72(60)70)47-26-11-5-12-27-47)50-38-40-59-67-51(50)32-18-34-57(67)69-63(45-22-7-3-8-23-45)52-30-15-16-31-53(52)64(71(59)69)46-24-9-4-10-25-46/h3-42H,1-2H3. The third-order valence-electron chi connectivity index (χ3n) is 16.0. The highest BCUT2D eigenvalue weighted by Gasteiger charge is 2.34. The van der Waals surface area contributed by atoms with Crippen molar-refractivity contribution in [1.29, 1.82) is 0 Å². The minimum atomic E-state index is 1.21. The van der Waals surface area contributed by atoms with E-state index in [4.69, 9.17) is 0 Å². The van der Waals surface area contributed by atoms with Crippen LogP contribution in [0, 0.1) is 13.8 Å². The van der Waals surface area contributed by atoms with Crippen molar-refractivity contribution in [3.8, 4) is 111 Å². The van der Waals surface area contributed by atoms with E-state index in [1.165, 1.54) is 165 Å². The minimum Gasteiger partial charge on any atom is -0.0622 e. The minimum absolute atomic E-state index is 1.21. The van der Waals surface area contributed by atoms with Gasteiger partial charge in [-0.2, -0.15) is 0 Å². The number of hydrogen-bond donors (Lipinski definition) is 0. The van der Waals surface area contributed by atoms with Gasteiger partial charge in [0.15, 0.2) is 0 Å². The Morgan fingerprint density at radius 2 is 0.514 bits per heavy atom. The van der Waals surface area contributed by atoms with E-state index in [1.54, 1.807) is 0 Å². The van der Waals surface area contributed by atoms with Gasteiger partial charge in [0.05, 0.1) is 0 Å². The molecule has 2 aliphatic carbocycles. The Hall–Kier alpha value is -9.10. The highest BCUT2D eigenvalue weighted by Crippen LogP contribution is 2.61. The summed E-state index contributed by atoms with van der Waals surface area (Å²) in [6, 6.07) is 91.0. The Bertz CT molecular complexity index is 4300. The molecule has 2 aliphatic rings. The predicted molar refractivity (Wildman–Crippen MR) is 307 cm³/mol. The maximum Gasteiger partial charge on any atom is -0.000741 e. The van der Waals surface area contributed by atoms with E-state index in [0.29, 0.717) is 0 Å². The second-order valence-electron chi connectivity index (χ2n) is 19.8. The van der Waals surface area contributed by atoms with Gasteiger partial charge in [-0.05, 0) is 185 Å². The average molecular weight is 911 g/mol. The molecule has 15 rings (SSSR count). The molecule has 0 N–H and O–H groups in total. The summed E-state index contributed by atoms with van der Waals surface area (Å²) in [5, 5.41) is 10.3. The van der Waals surface area contributed by atoms with Gasteiger partial charge in [0.25, 0.3) is 0 Å². The van der Waals surface area contributed by atoms with Crippen LogP contribution in [0.5, 0.6) is 0 Å². The number of aryl methyl sites for hydroxylation is 2. The molecule has 0 radical (unpaired) electrons. The molecule has 0 nitrogen and oxygen atoms in total. The van der Waals surface area contributed by atoms with Crippen LogP contribution >= 0.6 is 0 Å². The molecule has 0 saturated carbocycles. The van der Waals surface area contributed by atoms with E-state index < -0.39 is 0 Å². The van der Waals surface area contributed by atoms with Gasteiger partial charge < -0.3 is 0 Å². The van der Waals surface area contributed by atoms with Crippen molar-refractivity contribution in [3.05, 3.63) is 254 Å². The largest absolute Gasteiger partial charge is 0.0622 e. The molecule has 72 heavy (non-hydrogen) atoms. The quantitative estimate of drug-likeness (QED) is 0.156. The van der Waals surface area contributed by atoms with Gasteiger partial charge in [-0.15, -0.1) is 0 Å². The summed E-state index contributed by atoms with van der Waals surface area (Å²) in [5.74, 6) is 0. The van der Waals surface area contributed by atoms with E-state index in [9.17, 15) is 0 Å². The Balaban J connectivity index is 1.03. The SMILES string of the molecule is Cc1cccc(C)c1-c1ccc2c3c(cccc13)-c1c-2c(-c2ccccc2)c2ccc(-c3ccc4c5c(cccc35)-c3c-4c(-c4ccccc4)c4ccccc4c3-c3ccccc3)cc2c1-c1ccccc1. The monoisotopic (exact) mass is 910 g/mol. The van der Waals surface area contributed by atoms with Gasteiger partial charge in [-0.1, -0.05) is 237 Å². The van der Waals surface area contributed by atoms with Crippen LogP contribution in [0.15, 0.2) is 243 Å². The molecule has 0 heteroatoms. The second-order valence-corrected chi connectivity index (χ2v) is 19.8. The first-order valence-corrected chi connectivity index (χ1v) is 25.3. The summed E-state index contributed by atoms with van der Waals surface area (Å²) in [7, 11) is 0. The molecule has 334 valence electrons. The lowest BCUT2D eigenvalue weighted by atomic mass is 9.81. The Labute approximate surface area is 419 Å². The van der Waals surface area contributed by atoms with Gasteiger partial charge in [-0.25, -0.2) is 0 Å². The van der Waals surface area contributed by atoms with Crippen LogP contribution in [-0.2, 0) is 0 Å². The fourth-order valence-electron chi connectivity index (χ4n) is 13.1. The normalized spacial score (nSPS) is 12.0. The summed E-state index contributed by atoms with van der Waals surface area (Å²) >= 11 is 0. The summed E-state index contributed by atoms with van der Waals surface area (Å²) in [4.78, 5) is 0. The van der Waals surface area contributed by atoms with Gasteiger partial charge in [0.1, 0.15) is 0 Å². The predicted octanol–water partition coefficient (Wildman–Crippen LogP) is 20.2. The maximum absolute atomic E-state index is 2.51. The molecule has 0 aromatic heterocycles. The van der Waals surface area contributed by atoms with Crippen LogP contribution < -0.4 is 0 Å². The van der Waals surface area contributed by atoms with Crippen molar-refractivity contribution in [3.63, 3.8) is 0 Å². The fraction of sp³-hybridized carbons (Fsp3) is 0.0278. The molecular weight excluding hydrogens is 865 g/mol. The molecule has 0 heterocycles. The molecule has 0 saturated heterocycles. The first-order chi connectivity index (χ1) is 35.6.